The monoisotopic (exact) mass is 272 g/mol. The summed E-state index contributed by atoms with van der Waals surface area (Å²) in [5, 5.41) is 9.32. The fraction of sp³-hybridized carbons (Fsp3) is 0.571. The predicted molar refractivity (Wildman–Crippen MR) is 63.0 cm³/mol. The van der Waals surface area contributed by atoms with Gasteiger partial charge in [0.25, 0.3) is 0 Å². The van der Waals surface area contributed by atoms with Crippen molar-refractivity contribution in [3.8, 4) is 5.75 Å². The summed E-state index contributed by atoms with van der Waals surface area (Å²) < 4.78 is 41.6. The Morgan fingerprint density at radius 3 is 2.21 bits per heavy atom. The molecule has 3 rings (SSSR count). The van der Waals surface area contributed by atoms with E-state index >= 15 is 0 Å². The minimum atomic E-state index is -4.71. The van der Waals surface area contributed by atoms with Crippen molar-refractivity contribution < 1.29 is 23.0 Å². The quantitative estimate of drug-likeness (QED) is 0.902. The summed E-state index contributed by atoms with van der Waals surface area (Å²) in [5.41, 5.74) is 1.91. The van der Waals surface area contributed by atoms with Gasteiger partial charge in [-0.3, -0.25) is 0 Å². The fourth-order valence-corrected chi connectivity index (χ4v) is 2.45. The number of hydrogen-bond acceptors (Lipinski definition) is 2. The Balaban J connectivity index is 2.03. The van der Waals surface area contributed by atoms with Crippen LogP contribution in [0.25, 0.3) is 0 Å². The molecule has 2 nitrogen and oxygen atoms in total. The number of benzene rings is 1. The molecule has 0 radical (unpaired) electrons. The second-order valence-corrected chi connectivity index (χ2v) is 5.35. The molecule has 0 bridgehead atoms. The molecule has 1 N–H and O–H groups in total. The van der Waals surface area contributed by atoms with E-state index in [0.717, 1.165) is 31.2 Å². The van der Waals surface area contributed by atoms with Crippen molar-refractivity contribution in [2.75, 3.05) is 0 Å². The van der Waals surface area contributed by atoms with Crippen LogP contribution in [0.5, 0.6) is 5.75 Å². The molecule has 1 aromatic carbocycles. The van der Waals surface area contributed by atoms with Gasteiger partial charge in [0.15, 0.2) is 0 Å². The summed E-state index contributed by atoms with van der Waals surface area (Å²) in [6.45, 7) is -0.425. The molecule has 2 aliphatic rings. The van der Waals surface area contributed by atoms with Crippen LogP contribution in [-0.4, -0.2) is 11.5 Å². The number of aliphatic hydroxyl groups is 1. The largest absolute Gasteiger partial charge is 0.573 e. The van der Waals surface area contributed by atoms with Crippen LogP contribution in [0, 0.1) is 0 Å². The van der Waals surface area contributed by atoms with E-state index in [-0.39, 0.29) is 17.2 Å². The molecule has 19 heavy (non-hydrogen) atoms. The van der Waals surface area contributed by atoms with Crippen LogP contribution in [0.4, 0.5) is 13.2 Å². The molecule has 0 unspecified atom stereocenters. The highest BCUT2D eigenvalue weighted by atomic mass is 19.4. The van der Waals surface area contributed by atoms with E-state index in [9.17, 15) is 18.3 Å². The van der Waals surface area contributed by atoms with Gasteiger partial charge < -0.3 is 9.84 Å². The van der Waals surface area contributed by atoms with Crippen LogP contribution in [0.3, 0.4) is 0 Å². The van der Waals surface area contributed by atoms with Crippen molar-refractivity contribution in [1.29, 1.82) is 0 Å². The van der Waals surface area contributed by atoms with E-state index < -0.39 is 13.0 Å². The Labute approximate surface area is 109 Å². The Hall–Kier alpha value is -1.23. The van der Waals surface area contributed by atoms with Crippen molar-refractivity contribution >= 4 is 0 Å². The van der Waals surface area contributed by atoms with Gasteiger partial charge >= 0.3 is 6.36 Å². The minimum Gasteiger partial charge on any atom is -0.405 e. The van der Waals surface area contributed by atoms with Crippen LogP contribution in [-0.2, 0) is 6.61 Å². The van der Waals surface area contributed by atoms with Crippen LogP contribution in [0.1, 0.15) is 54.2 Å². The lowest BCUT2D eigenvalue weighted by molar-refractivity contribution is -0.275. The second-order valence-electron chi connectivity index (χ2n) is 5.35. The molecule has 0 spiro atoms. The number of hydrogen-bond donors (Lipinski definition) is 1. The number of ether oxygens (including phenoxy) is 1. The number of alkyl halides is 3. The van der Waals surface area contributed by atoms with Crippen molar-refractivity contribution in [3.63, 3.8) is 0 Å². The van der Waals surface area contributed by atoms with Gasteiger partial charge in [0.1, 0.15) is 5.75 Å². The Morgan fingerprint density at radius 1 is 1.11 bits per heavy atom. The third-order valence-corrected chi connectivity index (χ3v) is 3.67. The smallest absolute Gasteiger partial charge is 0.405 e. The van der Waals surface area contributed by atoms with Crippen molar-refractivity contribution in [2.45, 2.75) is 50.5 Å². The Morgan fingerprint density at radius 2 is 1.74 bits per heavy atom. The number of aliphatic hydroxyl groups excluding tert-OH is 1. The van der Waals surface area contributed by atoms with Gasteiger partial charge in [0.05, 0.1) is 6.61 Å². The number of rotatable bonds is 4. The third-order valence-electron chi connectivity index (χ3n) is 3.67. The average molecular weight is 272 g/mol. The molecule has 0 heterocycles. The second kappa shape index (κ2) is 4.40. The minimum absolute atomic E-state index is 0.154. The molecule has 104 valence electrons. The summed E-state index contributed by atoms with van der Waals surface area (Å²) in [5.74, 6) is 0.422. The summed E-state index contributed by atoms with van der Waals surface area (Å²) >= 11 is 0. The van der Waals surface area contributed by atoms with E-state index in [2.05, 4.69) is 4.74 Å². The maximum atomic E-state index is 12.5. The summed E-state index contributed by atoms with van der Waals surface area (Å²) in [4.78, 5) is 0. The molecule has 0 aromatic heterocycles. The van der Waals surface area contributed by atoms with Crippen molar-refractivity contribution in [2.24, 2.45) is 0 Å². The SMILES string of the molecule is OCc1cc(C2CC2)cc(C2CC2)c1OC(F)(F)F. The lowest BCUT2D eigenvalue weighted by atomic mass is 9.98. The summed E-state index contributed by atoms with van der Waals surface area (Å²) in [7, 11) is 0. The van der Waals surface area contributed by atoms with E-state index in [0.29, 0.717) is 11.5 Å². The van der Waals surface area contributed by atoms with Crippen molar-refractivity contribution in [1.82, 2.24) is 0 Å². The van der Waals surface area contributed by atoms with Crippen molar-refractivity contribution in [3.05, 3.63) is 28.8 Å². The zero-order valence-electron chi connectivity index (χ0n) is 10.3. The first kappa shape index (κ1) is 12.8. The molecule has 5 heteroatoms. The average Bonchev–Trinajstić information content (AvgIpc) is 3.17. The normalized spacial score (nSPS) is 19.6. The molecular formula is C14H15F3O2. The molecular weight excluding hydrogens is 257 g/mol. The highest BCUT2D eigenvalue weighted by Gasteiger charge is 2.37. The fourth-order valence-electron chi connectivity index (χ4n) is 2.45. The Bertz CT molecular complexity index is 488. The zero-order chi connectivity index (χ0) is 13.6. The standard InChI is InChI=1S/C14H15F3O2/c15-14(16,17)19-13-11(7-18)5-10(8-1-2-8)6-12(13)9-3-4-9/h5-6,8-9,18H,1-4,7H2. The molecule has 2 saturated carbocycles. The highest BCUT2D eigenvalue weighted by Crippen LogP contribution is 2.50. The third kappa shape index (κ3) is 2.86. The van der Waals surface area contributed by atoms with Crippen LogP contribution >= 0.6 is 0 Å². The predicted octanol–water partition coefficient (Wildman–Crippen LogP) is 3.83. The van der Waals surface area contributed by atoms with E-state index in [1.807, 2.05) is 6.07 Å². The molecule has 0 aliphatic heterocycles. The van der Waals surface area contributed by atoms with E-state index in [1.165, 1.54) is 0 Å². The maximum Gasteiger partial charge on any atom is 0.573 e. The lowest BCUT2D eigenvalue weighted by Gasteiger charge is -2.18. The van der Waals surface area contributed by atoms with Gasteiger partial charge in [0, 0.05) is 5.56 Å². The molecule has 0 atom stereocenters. The van der Waals surface area contributed by atoms with Gasteiger partial charge in [0.2, 0.25) is 0 Å². The van der Waals surface area contributed by atoms with Gasteiger partial charge in [-0.15, -0.1) is 13.2 Å². The topological polar surface area (TPSA) is 29.5 Å². The molecule has 0 amide bonds. The zero-order valence-corrected chi connectivity index (χ0v) is 10.3. The van der Waals surface area contributed by atoms with E-state index in [4.69, 9.17) is 0 Å². The van der Waals surface area contributed by atoms with Gasteiger partial charge in [-0.2, -0.15) is 0 Å². The van der Waals surface area contributed by atoms with Gasteiger partial charge in [-0.25, -0.2) is 0 Å². The first-order chi connectivity index (χ1) is 8.98. The van der Waals surface area contributed by atoms with Crippen LogP contribution < -0.4 is 4.74 Å². The van der Waals surface area contributed by atoms with Gasteiger partial charge in [-0.05, 0) is 54.7 Å². The summed E-state index contributed by atoms with van der Waals surface area (Å²) in [6, 6.07) is 3.50. The molecule has 1 aromatic rings. The van der Waals surface area contributed by atoms with Crippen LogP contribution in [0.2, 0.25) is 0 Å². The summed E-state index contributed by atoms with van der Waals surface area (Å²) in [6.07, 6.45) is -0.766. The van der Waals surface area contributed by atoms with E-state index in [1.54, 1.807) is 6.07 Å². The Kier molecular flexibility index (Phi) is 2.96. The molecule has 2 aliphatic carbocycles. The highest BCUT2D eigenvalue weighted by molar-refractivity contribution is 5.49. The van der Waals surface area contributed by atoms with Crippen LogP contribution in [0.15, 0.2) is 12.1 Å². The number of halogens is 3. The molecule has 2 fully saturated rings. The maximum absolute atomic E-state index is 12.5. The first-order valence-corrected chi connectivity index (χ1v) is 6.51. The lowest BCUT2D eigenvalue weighted by Crippen LogP contribution is -2.19. The molecule has 0 saturated heterocycles. The van der Waals surface area contributed by atoms with Gasteiger partial charge in [-0.1, -0.05) is 6.07 Å². The first-order valence-electron chi connectivity index (χ1n) is 6.51.